The van der Waals surface area contributed by atoms with Crippen molar-refractivity contribution in [1.82, 2.24) is 9.78 Å². The van der Waals surface area contributed by atoms with Crippen molar-refractivity contribution < 1.29 is 9.59 Å². The zero-order chi connectivity index (χ0) is 19.7. The second-order valence-electron chi connectivity index (χ2n) is 7.01. The van der Waals surface area contributed by atoms with Gasteiger partial charge in [0.2, 0.25) is 5.91 Å². The van der Waals surface area contributed by atoms with Crippen molar-refractivity contribution in [3.63, 3.8) is 0 Å². The van der Waals surface area contributed by atoms with Crippen LogP contribution in [0.1, 0.15) is 34.6 Å². The summed E-state index contributed by atoms with van der Waals surface area (Å²) in [5.41, 5.74) is 4.69. The van der Waals surface area contributed by atoms with Crippen molar-refractivity contribution >= 4 is 23.2 Å². The molecule has 0 aliphatic carbocycles. The molecule has 6 heteroatoms. The minimum atomic E-state index is -0.220. The highest BCUT2D eigenvalue weighted by Crippen LogP contribution is 2.25. The highest BCUT2D eigenvalue weighted by atomic mass is 16.2. The monoisotopic (exact) mass is 374 g/mol. The van der Waals surface area contributed by atoms with Crippen LogP contribution in [0.4, 0.5) is 11.4 Å². The van der Waals surface area contributed by atoms with Gasteiger partial charge >= 0.3 is 0 Å². The van der Waals surface area contributed by atoms with E-state index >= 15 is 0 Å². The van der Waals surface area contributed by atoms with Crippen LogP contribution in [0.2, 0.25) is 0 Å². The van der Waals surface area contributed by atoms with Gasteiger partial charge in [-0.3, -0.25) is 9.59 Å². The number of amides is 2. The third-order valence-electron chi connectivity index (χ3n) is 4.88. The highest BCUT2D eigenvalue weighted by molar-refractivity contribution is 6.06. The third-order valence-corrected chi connectivity index (χ3v) is 4.88. The van der Waals surface area contributed by atoms with Gasteiger partial charge in [-0.2, -0.15) is 5.10 Å². The maximum Gasteiger partial charge on any atom is 0.255 e. The number of carbonyl (C=O) groups excluding carboxylic acids is 2. The number of anilines is 2. The highest BCUT2D eigenvalue weighted by Gasteiger charge is 2.22. The molecule has 0 unspecified atom stereocenters. The van der Waals surface area contributed by atoms with Crippen LogP contribution in [0.5, 0.6) is 0 Å². The van der Waals surface area contributed by atoms with E-state index in [0.717, 1.165) is 29.2 Å². The molecule has 0 bridgehead atoms. The van der Waals surface area contributed by atoms with Gasteiger partial charge in [-0.15, -0.1) is 0 Å². The van der Waals surface area contributed by atoms with Gasteiger partial charge < -0.3 is 10.2 Å². The van der Waals surface area contributed by atoms with Crippen LogP contribution in [0, 0.1) is 13.8 Å². The molecule has 3 aromatic rings. The lowest BCUT2D eigenvalue weighted by Crippen LogP contribution is -2.24. The number of aromatic nitrogens is 2. The summed E-state index contributed by atoms with van der Waals surface area (Å²) in [6.45, 7) is 4.62. The molecule has 2 aromatic carbocycles. The summed E-state index contributed by atoms with van der Waals surface area (Å²) >= 11 is 0. The molecule has 0 atom stereocenters. The summed E-state index contributed by atoms with van der Waals surface area (Å²) < 4.78 is 1.82. The Balaban J connectivity index is 1.62. The molecule has 0 saturated carbocycles. The Morgan fingerprint density at radius 2 is 1.89 bits per heavy atom. The van der Waals surface area contributed by atoms with E-state index in [9.17, 15) is 9.59 Å². The maximum atomic E-state index is 12.9. The quantitative estimate of drug-likeness (QED) is 0.754. The van der Waals surface area contributed by atoms with Crippen LogP contribution in [0.3, 0.4) is 0 Å². The number of nitrogens with zero attached hydrogens (tertiary/aromatic N) is 3. The summed E-state index contributed by atoms with van der Waals surface area (Å²) in [6, 6.07) is 16.8. The molecule has 1 aromatic heterocycles. The minimum absolute atomic E-state index is 0.104. The van der Waals surface area contributed by atoms with Gasteiger partial charge in [-0.1, -0.05) is 18.2 Å². The number of nitrogens with one attached hydrogen (secondary N) is 1. The van der Waals surface area contributed by atoms with Crippen molar-refractivity contribution in [3.8, 4) is 5.69 Å². The molecule has 28 heavy (non-hydrogen) atoms. The fourth-order valence-corrected chi connectivity index (χ4v) is 3.57. The van der Waals surface area contributed by atoms with Crippen LogP contribution in [-0.2, 0) is 4.79 Å². The molecule has 2 heterocycles. The molecule has 6 nitrogen and oxygen atoms in total. The molecule has 0 spiro atoms. The Morgan fingerprint density at radius 1 is 1.07 bits per heavy atom. The van der Waals surface area contributed by atoms with Crippen molar-refractivity contribution in [1.29, 1.82) is 0 Å². The Morgan fingerprint density at radius 3 is 2.61 bits per heavy atom. The van der Waals surface area contributed by atoms with E-state index in [1.54, 1.807) is 17.0 Å². The molecular formula is C22H22N4O2. The summed E-state index contributed by atoms with van der Waals surface area (Å²) in [5, 5.41) is 7.50. The number of hydrogen-bond acceptors (Lipinski definition) is 3. The molecule has 142 valence electrons. The van der Waals surface area contributed by atoms with Gasteiger partial charge in [0.25, 0.3) is 5.91 Å². The zero-order valence-corrected chi connectivity index (χ0v) is 16.0. The van der Waals surface area contributed by atoms with E-state index in [4.69, 9.17) is 0 Å². The summed E-state index contributed by atoms with van der Waals surface area (Å²) in [4.78, 5) is 26.6. The maximum absolute atomic E-state index is 12.9. The standard InChI is InChI=1S/C22H22N4O2/c1-15-13-16(2)26(24-15)20-10-4-3-9-19(20)23-22(28)17-7-5-8-18(14-17)25-12-6-11-21(25)27/h3-5,7-10,13-14H,6,11-12H2,1-2H3,(H,23,28). The second-order valence-corrected chi connectivity index (χ2v) is 7.01. The molecule has 1 aliphatic heterocycles. The number of benzene rings is 2. The molecule has 1 N–H and O–H groups in total. The molecule has 4 rings (SSSR count). The molecule has 1 aliphatic rings. The van der Waals surface area contributed by atoms with E-state index < -0.39 is 0 Å². The lowest BCUT2D eigenvalue weighted by molar-refractivity contribution is -0.117. The Kier molecular flexibility index (Phi) is 4.69. The van der Waals surface area contributed by atoms with Crippen LogP contribution in [0.15, 0.2) is 54.6 Å². The van der Waals surface area contributed by atoms with Gasteiger partial charge in [0, 0.05) is 29.9 Å². The normalized spacial score (nSPS) is 13.8. The molecule has 2 amide bonds. The number of aryl methyl sites for hydroxylation is 2. The van der Waals surface area contributed by atoms with Crippen LogP contribution in [-0.4, -0.2) is 28.1 Å². The molecular weight excluding hydrogens is 352 g/mol. The summed E-state index contributed by atoms with van der Waals surface area (Å²) in [7, 11) is 0. The second kappa shape index (κ2) is 7.31. The SMILES string of the molecule is Cc1cc(C)n(-c2ccccc2NC(=O)c2cccc(N3CCCC3=O)c2)n1. The van der Waals surface area contributed by atoms with E-state index in [1.807, 2.05) is 61.0 Å². The van der Waals surface area contributed by atoms with Crippen LogP contribution in [0.25, 0.3) is 5.69 Å². The fraction of sp³-hybridized carbons (Fsp3) is 0.227. The van der Waals surface area contributed by atoms with E-state index in [1.165, 1.54) is 0 Å². The number of hydrogen-bond donors (Lipinski definition) is 1. The van der Waals surface area contributed by atoms with Crippen molar-refractivity contribution in [2.24, 2.45) is 0 Å². The Bertz CT molecular complexity index is 1050. The Hall–Kier alpha value is -3.41. The van der Waals surface area contributed by atoms with E-state index in [0.29, 0.717) is 24.2 Å². The molecule has 1 fully saturated rings. The predicted octanol–water partition coefficient (Wildman–Crippen LogP) is 3.87. The minimum Gasteiger partial charge on any atom is -0.320 e. The van der Waals surface area contributed by atoms with Gasteiger partial charge in [0.1, 0.15) is 0 Å². The fourth-order valence-electron chi connectivity index (χ4n) is 3.57. The topological polar surface area (TPSA) is 67.2 Å². The van der Waals surface area contributed by atoms with Crippen molar-refractivity contribution in [2.45, 2.75) is 26.7 Å². The number of carbonyl (C=O) groups is 2. The molecule has 0 radical (unpaired) electrons. The average Bonchev–Trinajstić information content (AvgIpc) is 3.27. The lowest BCUT2D eigenvalue weighted by atomic mass is 10.1. The molecule has 1 saturated heterocycles. The smallest absolute Gasteiger partial charge is 0.255 e. The van der Waals surface area contributed by atoms with Gasteiger partial charge in [0.15, 0.2) is 0 Å². The van der Waals surface area contributed by atoms with Gasteiger partial charge in [-0.25, -0.2) is 4.68 Å². The Labute approximate surface area is 163 Å². The number of para-hydroxylation sites is 2. The lowest BCUT2D eigenvalue weighted by Gasteiger charge is -2.17. The number of rotatable bonds is 4. The zero-order valence-electron chi connectivity index (χ0n) is 16.0. The van der Waals surface area contributed by atoms with Gasteiger partial charge in [0.05, 0.1) is 17.1 Å². The third kappa shape index (κ3) is 3.41. The first-order chi connectivity index (χ1) is 13.5. The first kappa shape index (κ1) is 18.0. The average molecular weight is 374 g/mol. The summed E-state index contributed by atoms with van der Waals surface area (Å²) in [5.74, 6) is -0.116. The van der Waals surface area contributed by atoms with Crippen molar-refractivity contribution in [2.75, 3.05) is 16.8 Å². The van der Waals surface area contributed by atoms with Gasteiger partial charge in [-0.05, 0) is 56.7 Å². The first-order valence-electron chi connectivity index (χ1n) is 9.37. The largest absolute Gasteiger partial charge is 0.320 e. The first-order valence-corrected chi connectivity index (χ1v) is 9.37. The van der Waals surface area contributed by atoms with E-state index in [2.05, 4.69) is 10.4 Å². The van der Waals surface area contributed by atoms with Crippen LogP contribution < -0.4 is 10.2 Å². The summed E-state index contributed by atoms with van der Waals surface area (Å²) in [6.07, 6.45) is 1.41. The van der Waals surface area contributed by atoms with Crippen LogP contribution >= 0.6 is 0 Å². The van der Waals surface area contributed by atoms with E-state index in [-0.39, 0.29) is 11.8 Å². The van der Waals surface area contributed by atoms with Crippen molar-refractivity contribution in [3.05, 3.63) is 71.5 Å². The predicted molar refractivity (Wildman–Crippen MR) is 109 cm³/mol.